The molecule has 2 saturated heterocycles. The third-order valence-electron chi connectivity index (χ3n) is 12.9. The maximum Gasteiger partial charge on any atom is 0.573 e. The van der Waals surface area contributed by atoms with E-state index in [1.54, 1.807) is 13.8 Å². The van der Waals surface area contributed by atoms with Crippen molar-refractivity contribution in [2.24, 2.45) is 5.92 Å². The number of halogens is 3. The standard InChI is InChI=1S/C40H51F3N6O7S/c1-25-33-29(30-20-28(55-40(41,42)43)12-13-31(30)44-25)14-15-38(56-33)22-32-34(50)46-39(35(51)47-57(53,54)37(2)16-17-37)21-26(39)10-6-4-3-5-7-11-27(23-49(32)24-38)45-36(52)48-18-8-9-19-48/h6,10,12-13,20,26-27,32H,3-5,7-9,11,14-19,21-24H2,1-2H3,(H,45,52)(H,46,50)(H,47,51). The zero-order valence-corrected chi connectivity index (χ0v) is 33.2. The molecule has 2 aliphatic carbocycles. The lowest BCUT2D eigenvalue weighted by atomic mass is 9.87. The minimum Gasteiger partial charge on any atom is -0.484 e. The van der Waals surface area contributed by atoms with Crippen molar-refractivity contribution in [3.8, 4) is 11.5 Å². The van der Waals surface area contributed by atoms with Gasteiger partial charge in [-0.3, -0.25) is 19.2 Å². The fourth-order valence-corrected chi connectivity index (χ4v) is 10.5. The lowest BCUT2D eigenvalue weighted by Gasteiger charge is -2.37. The Morgan fingerprint density at radius 2 is 1.84 bits per heavy atom. The van der Waals surface area contributed by atoms with E-state index in [1.165, 1.54) is 18.2 Å². The Morgan fingerprint density at radius 3 is 2.58 bits per heavy atom. The predicted molar refractivity (Wildman–Crippen MR) is 204 cm³/mol. The number of amides is 4. The van der Waals surface area contributed by atoms with E-state index in [0.29, 0.717) is 86.2 Å². The van der Waals surface area contributed by atoms with Crippen molar-refractivity contribution in [3.63, 3.8) is 0 Å². The number of ether oxygens (including phenoxy) is 2. The normalized spacial score (nSPS) is 30.2. The zero-order valence-electron chi connectivity index (χ0n) is 32.4. The molecule has 57 heavy (non-hydrogen) atoms. The highest BCUT2D eigenvalue weighted by molar-refractivity contribution is 7.91. The minimum atomic E-state index is -4.86. The summed E-state index contributed by atoms with van der Waals surface area (Å²) in [5.74, 6) is -1.50. The summed E-state index contributed by atoms with van der Waals surface area (Å²) in [5, 5.41) is 6.76. The lowest BCUT2D eigenvalue weighted by Crippen LogP contribution is -2.57. The van der Waals surface area contributed by atoms with Crippen LogP contribution in [0.4, 0.5) is 18.0 Å². The summed E-state index contributed by atoms with van der Waals surface area (Å²) in [6, 6.07) is 2.80. The van der Waals surface area contributed by atoms with Gasteiger partial charge < -0.3 is 25.0 Å². The fraction of sp³-hybridized carbons (Fsp3) is 0.650. The molecule has 5 atom stereocenters. The number of pyridine rings is 1. The number of carbonyl (C=O) groups is 3. The van der Waals surface area contributed by atoms with Crippen LogP contribution in [0.25, 0.3) is 10.9 Å². The molecule has 13 nitrogen and oxygen atoms in total. The van der Waals surface area contributed by atoms with Gasteiger partial charge in [-0.15, -0.1) is 13.2 Å². The van der Waals surface area contributed by atoms with Crippen molar-refractivity contribution in [3.05, 3.63) is 41.6 Å². The average molecular weight is 817 g/mol. The van der Waals surface area contributed by atoms with Crippen LogP contribution in [0.3, 0.4) is 0 Å². The molecule has 310 valence electrons. The van der Waals surface area contributed by atoms with Gasteiger partial charge in [0, 0.05) is 55.5 Å². The second kappa shape index (κ2) is 14.6. The molecule has 17 heteroatoms. The van der Waals surface area contributed by atoms with Crippen LogP contribution in [0.5, 0.6) is 11.5 Å². The van der Waals surface area contributed by atoms with E-state index in [-0.39, 0.29) is 30.7 Å². The molecule has 3 N–H and O–H groups in total. The molecule has 4 aliphatic heterocycles. The molecule has 4 fully saturated rings. The van der Waals surface area contributed by atoms with E-state index >= 15 is 0 Å². The number of allylic oxidation sites excluding steroid dienone is 1. The van der Waals surface area contributed by atoms with E-state index < -0.39 is 56.0 Å². The molecule has 5 heterocycles. The van der Waals surface area contributed by atoms with E-state index in [2.05, 4.69) is 25.1 Å². The highest BCUT2D eigenvalue weighted by Crippen LogP contribution is 2.49. The number of alkyl halides is 3. The number of aromatic nitrogens is 1. The summed E-state index contributed by atoms with van der Waals surface area (Å²) < 4.78 is 78.2. The second-order valence-corrected chi connectivity index (χ2v) is 19.4. The highest BCUT2D eigenvalue weighted by Gasteiger charge is 2.63. The van der Waals surface area contributed by atoms with Gasteiger partial charge >= 0.3 is 12.4 Å². The van der Waals surface area contributed by atoms with E-state index in [4.69, 9.17) is 4.74 Å². The topological polar surface area (TPSA) is 159 Å². The number of nitrogens with zero attached hydrogens (tertiary/aromatic N) is 3. The first-order chi connectivity index (χ1) is 27.0. The number of urea groups is 1. The van der Waals surface area contributed by atoms with Gasteiger partial charge in [0.15, 0.2) is 0 Å². The second-order valence-electron chi connectivity index (χ2n) is 17.2. The van der Waals surface area contributed by atoms with E-state index in [9.17, 15) is 36.0 Å². The van der Waals surface area contributed by atoms with Crippen LogP contribution in [0, 0.1) is 12.8 Å². The number of hydrogen-bond acceptors (Lipinski definition) is 9. The van der Waals surface area contributed by atoms with Gasteiger partial charge in [-0.2, -0.15) is 0 Å². The molecule has 1 spiro atoms. The molecule has 1 aromatic heterocycles. The summed E-state index contributed by atoms with van der Waals surface area (Å²) in [7, 11) is -3.97. The largest absolute Gasteiger partial charge is 0.573 e. The van der Waals surface area contributed by atoms with Crippen LogP contribution in [0.15, 0.2) is 30.4 Å². The van der Waals surface area contributed by atoms with Crippen LogP contribution in [0.1, 0.15) is 95.2 Å². The van der Waals surface area contributed by atoms with Crippen molar-refractivity contribution in [1.82, 2.24) is 30.1 Å². The smallest absolute Gasteiger partial charge is 0.484 e. The van der Waals surface area contributed by atoms with Crippen molar-refractivity contribution in [1.29, 1.82) is 0 Å². The number of sulfonamides is 1. The minimum absolute atomic E-state index is 0.138. The van der Waals surface area contributed by atoms with Crippen LogP contribution in [0.2, 0.25) is 0 Å². The van der Waals surface area contributed by atoms with Gasteiger partial charge in [0.25, 0.3) is 5.91 Å². The van der Waals surface area contributed by atoms with Gasteiger partial charge in [-0.1, -0.05) is 25.0 Å². The van der Waals surface area contributed by atoms with Crippen LogP contribution in [-0.4, -0.2) is 102 Å². The number of rotatable bonds is 5. The number of likely N-dealkylation sites (tertiary alicyclic amines) is 1. The molecular formula is C40H51F3N6O7S. The van der Waals surface area contributed by atoms with Gasteiger partial charge in [0.05, 0.1) is 22.0 Å². The molecule has 0 bridgehead atoms. The highest BCUT2D eigenvalue weighted by atomic mass is 32.2. The number of fused-ring (bicyclic) bond motifs is 5. The first kappa shape index (κ1) is 39.7. The Hall–Kier alpha value is -4.12. The molecule has 8 rings (SSSR count). The SMILES string of the molecule is Cc1nc2ccc(OC(F)(F)F)cc2c2c1OC1(CC2)CC2C(=O)NC3(C(=O)NS(=O)(=O)C4(C)CC4)CC3C=CCCCCCC(NC(=O)N3CCCC3)CN2C1. The summed E-state index contributed by atoms with van der Waals surface area (Å²) in [6.45, 7) is 5.37. The van der Waals surface area contributed by atoms with Crippen molar-refractivity contribution in [2.75, 3.05) is 26.2 Å². The van der Waals surface area contributed by atoms with Gasteiger partial charge in [-0.25, -0.2) is 18.2 Å². The Balaban J connectivity index is 1.11. The molecule has 2 aromatic rings. The van der Waals surface area contributed by atoms with Gasteiger partial charge in [-0.05, 0) is 96.3 Å². The molecule has 6 aliphatic rings. The average Bonchev–Trinajstić information content (AvgIpc) is 3.92. The van der Waals surface area contributed by atoms with Crippen LogP contribution in [-0.2, 0) is 26.0 Å². The molecule has 4 amide bonds. The van der Waals surface area contributed by atoms with E-state index in [1.807, 2.05) is 22.0 Å². The maximum atomic E-state index is 14.7. The lowest BCUT2D eigenvalue weighted by molar-refractivity contribution is -0.274. The molecule has 1 aromatic carbocycles. The van der Waals surface area contributed by atoms with Crippen molar-refractivity contribution < 1.29 is 45.4 Å². The maximum absolute atomic E-state index is 14.7. The first-order valence-corrected chi connectivity index (χ1v) is 21.7. The van der Waals surface area contributed by atoms with Crippen molar-refractivity contribution in [2.45, 2.75) is 132 Å². The fourth-order valence-electron chi connectivity index (χ4n) is 9.19. The molecular weight excluding hydrogens is 766 g/mol. The Bertz CT molecular complexity index is 2090. The summed E-state index contributed by atoms with van der Waals surface area (Å²) >= 11 is 0. The molecule has 0 radical (unpaired) electrons. The van der Waals surface area contributed by atoms with Crippen LogP contribution >= 0.6 is 0 Å². The van der Waals surface area contributed by atoms with Gasteiger partial charge in [0.1, 0.15) is 22.6 Å². The molecule has 2 saturated carbocycles. The summed E-state index contributed by atoms with van der Waals surface area (Å²) in [4.78, 5) is 50.6. The first-order valence-electron chi connectivity index (χ1n) is 20.2. The Morgan fingerprint density at radius 1 is 1.07 bits per heavy atom. The number of nitrogens with one attached hydrogen (secondary N) is 3. The Kier molecular flexibility index (Phi) is 10.2. The third-order valence-corrected chi connectivity index (χ3v) is 15.1. The van der Waals surface area contributed by atoms with Gasteiger partial charge in [0.2, 0.25) is 15.9 Å². The zero-order chi connectivity index (χ0) is 40.4. The monoisotopic (exact) mass is 816 g/mol. The predicted octanol–water partition coefficient (Wildman–Crippen LogP) is 5.15. The van der Waals surface area contributed by atoms with Crippen molar-refractivity contribution >= 4 is 38.8 Å². The number of aryl methyl sites for hydroxylation is 2. The number of hydrogen-bond donors (Lipinski definition) is 3. The van der Waals surface area contributed by atoms with E-state index in [0.717, 1.165) is 38.5 Å². The molecule has 5 unspecified atom stereocenters. The quantitative estimate of drug-likeness (QED) is 0.347. The summed E-state index contributed by atoms with van der Waals surface area (Å²) in [6.07, 6.45) is 7.26. The van der Waals surface area contributed by atoms with Crippen LogP contribution < -0.4 is 24.8 Å². The number of carbonyl (C=O) groups excluding carboxylic acids is 3. The third kappa shape index (κ3) is 8.02. The number of benzene rings is 1. The summed E-state index contributed by atoms with van der Waals surface area (Å²) in [5.41, 5.74) is -0.600. The Labute approximate surface area is 330 Å².